The number of benzene rings is 1. The summed E-state index contributed by atoms with van der Waals surface area (Å²) >= 11 is 9.51. The molecule has 1 aromatic rings. The van der Waals surface area contributed by atoms with Gasteiger partial charge < -0.3 is 14.4 Å². The van der Waals surface area contributed by atoms with Gasteiger partial charge >= 0.3 is 0 Å². The van der Waals surface area contributed by atoms with Gasteiger partial charge in [-0.1, -0.05) is 17.7 Å². The maximum absolute atomic E-state index is 12.5. The Morgan fingerprint density at radius 3 is 2.60 bits per heavy atom. The van der Waals surface area contributed by atoms with Crippen LogP contribution >= 0.6 is 27.5 Å². The number of amides is 1. The predicted octanol–water partition coefficient (Wildman–Crippen LogP) is 3.23. The monoisotopic (exact) mass is 363 g/mol. The Kier molecular flexibility index (Phi) is 8.14. The number of ether oxygens (including phenoxy) is 2. The molecule has 0 fully saturated rings. The van der Waals surface area contributed by atoms with Crippen LogP contribution < -0.4 is 0 Å². The molecule has 0 atom stereocenters. The van der Waals surface area contributed by atoms with Crippen molar-refractivity contribution in [2.24, 2.45) is 0 Å². The average molecular weight is 365 g/mol. The van der Waals surface area contributed by atoms with Crippen LogP contribution in [0.3, 0.4) is 0 Å². The molecule has 0 radical (unpaired) electrons. The third kappa shape index (κ3) is 5.05. The molecule has 0 aromatic heterocycles. The molecule has 0 aliphatic carbocycles. The summed E-state index contributed by atoms with van der Waals surface area (Å²) in [7, 11) is 3.26. The zero-order chi connectivity index (χ0) is 15.0. The van der Waals surface area contributed by atoms with Gasteiger partial charge in [-0.3, -0.25) is 4.79 Å². The first-order chi connectivity index (χ1) is 9.61. The van der Waals surface area contributed by atoms with Gasteiger partial charge in [0.1, 0.15) is 0 Å². The highest BCUT2D eigenvalue weighted by atomic mass is 79.9. The fraction of sp³-hybridized carbons (Fsp3) is 0.500. The summed E-state index contributed by atoms with van der Waals surface area (Å²) < 4.78 is 10.8. The Balaban J connectivity index is 2.82. The molecule has 0 aliphatic rings. The second-order valence-electron chi connectivity index (χ2n) is 4.23. The number of carbonyl (C=O) groups excluding carboxylic acids is 1. The first kappa shape index (κ1) is 17.4. The van der Waals surface area contributed by atoms with E-state index in [-0.39, 0.29) is 5.91 Å². The Morgan fingerprint density at radius 1 is 1.25 bits per heavy atom. The molecular weight excluding hydrogens is 346 g/mol. The molecular formula is C14H19BrClNO3. The SMILES string of the molecule is COCCCN(CCOC)C(=O)c1cccc(Br)c1Cl. The maximum Gasteiger partial charge on any atom is 0.255 e. The third-order valence-corrected chi connectivity index (χ3v) is 4.11. The normalized spacial score (nSPS) is 10.6. The summed E-state index contributed by atoms with van der Waals surface area (Å²) in [6.07, 6.45) is 0.775. The highest BCUT2D eigenvalue weighted by Gasteiger charge is 2.19. The van der Waals surface area contributed by atoms with Gasteiger partial charge in [-0.2, -0.15) is 0 Å². The van der Waals surface area contributed by atoms with Crippen molar-refractivity contribution < 1.29 is 14.3 Å². The van der Waals surface area contributed by atoms with Gasteiger partial charge in [-0.25, -0.2) is 0 Å². The molecule has 0 unspecified atom stereocenters. The molecule has 1 aromatic carbocycles. The van der Waals surface area contributed by atoms with Gasteiger partial charge in [0, 0.05) is 38.4 Å². The van der Waals surface area contributed by atoms with Crippen molar-refractivity contribution in [3.63, 3.8) is 0 Å². The Hall–Kier alpha value is -0.620. The van der Waals surface area contributed by atoms with Crippen LogP contribution in [0.15, 0.2) is 22.7 Å². The smallest absolute Gasteiger partial charge is 0.255 e. The molecule has 4 nitrogen and oxygen atoms in total. The van der Waals surface area contributed by atoms with E-state index in [1.165, 1.54) is 0 Å². The molecule has 0 saturated heterocycles. The van der Waals surface area contributed by atoms with E-state index < -0.39 is 0 Å². The lowest BCUT2D eigenvalue weighted by molar-refractivity contribution is 0.0674. The van der Waals surface area contributed by atoms with Crippen molar-refractivity contribution in [3.8, 4) is 0 Å². The largest absolute Gasteiger partial charge is 0.385 e. The van der Waals surface area contributed by atoms with Crippen LogP contribution in [0.5, 0.6) is 0 Å². The first-order valence-corrected chi connectivity index (χ1v) is 7.50. The maximum atomic E-state index is 12.5. The second-order valence-corrected chi connectivity index (χ2v) is 5.47. The zero-order valence-electron chi connectivity index (χ0n) is 11.7. The first-order valence-electron chi connectivity index (χ1n) is 6.33. The fourth-order valence-corrected chi connectivity index (χ4v) is 2.33. The molecule has 20 heavy (non-hydrogen) atoms. The van der Waals surface area contributed by atoms with Crippen LogP contribution in [0.2, 0.25) is 5.02 Å². The number of halogens is 2. The van der Waals surface area contributed by atoms with E-state index in [1.807, 2.05) is 6.07 Å². The summed E-state index contributed by atoms with van der Waals surface area (Å²) in [6.45, 7) is 2.24. The van der Waals surface area contributed by atoms with Gasteiger partial charge in [0.05, 0.1) is 17.2 Å². The number of nitrogens with zero attached hydrogens (tertiary/aromatic N) is 1. The van der Waals surface area contributed by atoms with Crippen molar-refractivity contribution >= 4 is 33.4 Å². The molecule has 0 bridgehead atoms. The lowest BCUT2D eigenvalue weighted by atomic mass is 10.2. The van der Waals surface area contributed by atoms with Crippen molar-refractivity contribution in [2.75, 3.05) is 40.5 Å². The lowest BCUT2D eigenvalue weighted by Crippen LogP contribution is -2.35. The van der Waals surface area contributed by atoms with Crippen molar-refractivity contribution in [1.29, 1.82) is 0 Å². The molecule has 0 spiro atoms. The van der Waals surface area contributed by atoms with E-state index in [2.05, 4.69) is 15.9 Å². The minimum Gasteiger partial charge on any atom is -0.385 e. The average Bonchev–Trinajstić information content (AvgIpc) is 2.45. The van der Waals surface area contributed by atoms with Crippen molar-refractivity contribution in [2.45, 2.75) is 6.42 Å². The molecule has 0 saturated carbocycles. The van der Waals surface area contributed by atoms with Gasteiger partial charge in [-0.15, -0.1) is 0 Å². The minimum absolute atomic E-state index is 0.0931. The number of rotatable bonds is 8. The van der Waals surface area contributed by atoms with Gasteiger partial charge in [0.2, 0.25) is 0 Å². The Morgan fingerprint density at radius 2 is 1.95 bits per heavy atom. The van der Waals surface area contributed by atoms with Gasteiger partial charge in [0.15, 0.2) is 0 Å². The zero-order valence-corrected chi connectivity index (χ0v) is 14.0. The highest BCUT2D eigenvalue weighted by Crippen LogP contribution is 2.27. The molecule has 1 rings (SSSR count). The van der Waals surface area contributed by atoms with E-state index in [4.69, 9.17) is 21.1 Å². The van der Waals surface area contributed by atoms with Crippen LogP contribution in [0.25, 0.3) is 0 Å². The summed E-state index contributed by atoms with van der Waals surface area (Å²) in [4.78, 5) is 14.3. The molecule has 112 valence electrons. The summed E-state index contributed by atoms with van der Waals surface area (Å²) in [6, 6.07) is 5.34. The van der Waals surface area contributed by atoms with E-state index in [1.54, 1.807) is 31.3 Å². The van der Waals surface area contributed by atoms with Crippen molar-refractivity contribution in [1.82, 2.24) is 4.90 Å². The van der Waals surface area contributed by atoms with E-state index in [0.717, 1.165) is 6.42 Å². The van der Waals surface area contributed by atoms with Gasteiger partial charge in [0.25, 0.3) is 5.91 Å². The summed E-state index contributed by atoms with van der Waals surface area (Å²) in [5.74, 6) is -0.0931. The molecule has 0 heterocycles. The number of carbonyl (C=O) groups is 1. The van der Waals surface area contributed by atoms with Gasteiger partial charge in [-0.05, 0) is 34.5 Å². The van der Waals surface area contributed by atoms with E-state index in [0.29, 0.717) is 41.4 Å². The van der Waals surface area contributed by atoms with Crippen LogP contribution in [0, 0.1) is 0 Å². The summed E-state index contributed by atoms with van der Waals surface area (Å²) in [5.41, 5.74) is 0.495. The van der Waals surface area contributed by atoms with Crippen LogP contribution in [0.4, 0.5) is 0 Å². The van der Waals surface area contributed by atoms with E-state index in [9.17, 15) is 4.79 Å². The predicted molar refractivity (Wildman–Crippen MR) is 83.4 cm³/mol. The van der Waals surface area contributed by atoms with Crippen LogP contribution in [-0.4, -0.2) is 51.3 Å². The molecule has 1 amide bonds. The minimum atomic E-state index is -0.0931. The van der Waals surface area contributed by atoms with E-state index >= 15 is 0 Å². The van der Waals surface area contributed by atoms with Crippen molar-refractivity contribution in [3.05, 3.63) is 33.3 Å². The number of methoxy groups -OCH3 is 2. The number of hydrogen-bond donors (Lipinski definition) is 0. The second kappa shape index (κ2) is 9.34. The quantitative estimate of drug-likeness (QED) is 0.665. The molecule has 0 aliphatic heterocycles. The number of hydrogen-bond acceptors (Lipinski definition) is 3. The summed E-state index contributed by atoms with van der Waals surface area (Å²) in [5, 5.41) is 0.437. The third-order valence-electron chi connectivity index (χ3n) is 2.81. The fourth-order valence-electron chi connectivity index (χ4n) is 1.76. The molecule has 6 heteroatoms. The van der Waals surface area contributed by atoms with Crippen LogP contribution in [-0.2, 0) is 9.47 Å². The highest BCUT2D eigenvalue weighted by molar-refractivity contribution is 9.10. The van der Waals surface area contributed by atoms with Crippen LogP contribution in [0.1, 0.15) is 16.8 Å². The standard InChI is InChI=1S/C14H19BrClNO3/c1-19-9-4-7-17(8-10-20-2)14(18)11-5-3-6-12(15)13(11)16/h3,5-6H,4,7-10H2,1-2H3. The lowest BCUT2D eigenvalue weighted by Gasteiger charge is -2.23. The molecule has 0 N–H and O–H groups in total. The Labute approximate surface area is 133 Å². The topological polar surface area (TPSA) is 38.8 Å². The Bertz CT molecular complexity index is 442.